The summed E-state index contributed by atoms with van der Waals surface area (Å²) in [5.41, 5.74) is 0.769. The molecule has 0 aromatic carbocycles. The Morgan fingerprint density at radius 2 is 2.44 bits per heavy atom. The van der Waals surface area contributed by atoms with E-state index in [4.69, 9.17) is 4.52 Å². The normalized spacial score (nSPS) is 15.1. The zero-order chi connectivity index (χ0) is 11.0. The lowest BCUT2D eigenvalue weighted by Crippen LogP contribution is -2.27. The predicted molar refractivity (Wildman–Crippen MR) is 56.6 cm³/mol. The molecule has 3 heterocycles. The fraction of sp³-hybridized carbons (Fsp3) is 0.500. The second kappa shape index (κ2) is 3.71. The average molecular weight is 219 g/mol. The molecule has 1 aliphatic heterocycles. The summed E-state index contributed by atoms with van der Waals surface area (Å²) >= 11 is 0. The maximum absolute atomic E-state index is 5.16. The van der Waals surface area contributed by atoms with Crippen LogP contribution in [0.4, 0.5) is 0 Å². The molecule has 0 bridgehead atoms. The van der Waals surface area contributed by atoms with Crippen molar-refractivity contribution in [3.05, 3.63) is 17.8 Å². The summed E-state index contributed by atoms with van der Waals surface area (Å²) in [5.74, 6) is 2.26. The smallest absolute Gasteiger partial charge is 0.278 e. The Labute approximate surface area is 92.7 Å². The minimum atomic E-state index is 0.513. The molecule has 1 N–H and O–H groups in total. The summed E-state index contributed by atoms with van der Waals surface area (Å²) in [5, 5.41) is 7.14. The van der Waals surface area contributed by atoms with Gasteiger partial charge in [0.15, 0.2) is 5.82 Å². The number of fused-ring (bicyclic) bond motifs is 1. The van der Waals surface area contributed by atoms with E-state index in [1.807, 2.05) is 13.1 Å². The molecule has 0 saturated carbocycles. The molecule has 0 amide bonds. The van der Waals surface area contributed by atoms with Crippen molar-refractivity contribution < 1.29 is 4.52 Å². The van der Waals surface area contributed by atoms with Gasteiger partial charge >= 0.3 is 0 Å². The van der Waals surface area contributed by atoms with Crippen molar-refractivity contribution in [1.29, 1.82) is 0 Å². The summed E-state index contributed by atoms with van der Waals surface area (Å²) < 4.78 is 7.29. The van der Waals surface area contributed by atoms with E-state index in [9.17, 15) is 0 Å². The quantitative estimate of drug-likeness (QED) is 0.801. The number of aromatic nitrogens is 4. The van der Waals surface area contributed by atoms with Crippen molar-refractivity contribution in [3.8, 4) is 11.6 Å². The van der Waals surface area contributed by atoms with Crippen LogP contribution in [0.3, 0.4) is 0 Å². The molecule has 1 aliphatic rings. The third-order valence-electron chi connectivity index (χ3n) is 2.68. The largest absolute Gasteiger partial charge is 0.332 e. The molecule has 0 unspecified atom stereocenters. The van der Waals surface area contributed by atoms with Crippen LogP contribution in [0.25, 0.3) is 11.6 Å². The number of nitrogens with one attached hydrogen (secondary N) is 1. The molecule has 84 valence electrons. The van der Waals surface area contributed by atoms with Crippen LogP contribution in [0.2, 0.25) is 0 Å². The Bertz CT molecular complexity index is 478. The van der Waals surface area contributed by atoms with E-state index in [0.29, 0.717) is 5.89 Å². The molecule has 16 heavy (non-hydrogen) atoms. The van der Waals surface area contributed by atoms with Crippen LogP contribution in [-0.4, -0.2) is 26.2 Å². The lowest BCUT2D eigenvalue weighted by molar-refractivity contribution is 0.422. The molecule has 2 aromatic heterocycles. The van der Waals surface area contributed by atoms with E-state index < -0.39 is 0 Å². The van der Waals surface area contributed by atoms with Crippen LogP contribution >= 0.6 is 0 Å². The lowest BCUT2D eigenvalue weighted by Gasteiger charge is -2.13. The van der Waals surface area contributed by atoms with Gasteiger partial charge in [-0.1, -0.05) is 12.1 Å². The van der Waals surface area contributed by atoms with Crippen molar-refractivity contribution in [2.45, 2.75) is 26.4 Å². The highest BCUT2D eigenvalue weighted by atomic mass is 16.5. The Morgan fingerprint density at radius 1 is 1.50 bits per heavy atom. The molecule has 0 radical (unpaired) electrons. The highest BCUT2D eigenvalue weighted by Gasteiger charge is 2.16. The van der Waals surface area contributed by atoms with Crippen molar-refractivity contribution in [2.24, 2.45) is 0 Å². The second-order valence-corrected chi connectivity index (χ2v) is 3.78. The Morgan fingerprint density at radius 3 is 3.19 bits per heavy atom. The molecule has 0 fully saturated rings. The first-order chi connectivity index (χ1) is 7.86. The van der Waals surface area contributed by atoms with Gasteiger partial charge in [0.05, 0.1) is 6.54 Å². The molecular formula is C10H13N5O. The number of rotatable bonds is 2. The third-order valence-corrected chi connectivity index (χ3v) is 2.68. The van der Waals surface area contributed by atoms with Crippen molar-refractivity contribution >= 4 is 0 Å². The molecule has 3 rings (SSSR count). The number of nitrogens with zero attached hydrogens (tertiary/aromatic N) is 4. The number of hydrogen-bond donors (Lipinski definition) is 1. The van der Waals surface area contributed by atoms with Gasteiger partial charge in [-0.05, 0) is 0 Å². The van der Waals surface area contributed by atoms with Crippen LogP contribution in [0.1, 0.15) is 18.6 Å². The van der Waals surface area contributed by atoms with E-state index in [-0.39, 0.29) is 0 Å². The topological polar surface area (TPSA) is 68.8 Å². The summed E-state index contributed by atoms with van der Waals surface area (Å²) in [6.07, 6.45) is 2.75. The van der Waals surface area contributed by atoms with Crippen LogP contribution in [-0.2, 0) is 19.5 Å². The maximum Gasteiger partial charge on any atom is 0.278 e. The molecule has 6 heteroatoms. The molecule has 0 atom stereocenters. The van der Waals surface area contributed by atoms with E-state index >= 15 is 0 Å². The summed E-state index contributed by atoms with van der Waals surface area (Å²) in [6, 6.07) is 0. The van der Waals surface area contributed by atoms with Crippen LogP contribution in [0, 0.1) is 0 Å². The van der Waals surface area contributed by atoms with Crippen LogP contribution in [0.5, 0.6) is 0 Å². The number of aryl methyl sites for hydroxylation is 1. The second-order valence-electron chi connectivity index (χ2n) is 3.78. The van der Waals surface area contributed by atoms with Crippen molar-refractivity contribution in [3.63, 3.8) is 0 Å². The SMILES string of the molecule is CCc1noc(-c2cn3c(n2)CNCC3)n1. The first kappa shape index (κ1) is 9.53. The minimum absolute atomic E-state index is 0.513. The fourth-order valence-corrected chi connectivity index (χ4v) is 1.79. The first-order valence-electron chi connectivity index (χ1n) is 5.46. The van der Waals surface area contributed by atoms with E-state index in [0.717, 1.165) is 43.4 Å². The highest BCUT2D eigenvalue weighted by Crippen LogP contribution is 2.17. The Balaban J connectivity index is 1.96. The van der Waals surface area contributed by atoms with E-state index in [2.05, 4.69) is 25.0 Å². The van der Waals surface area contributed by atoms with Gasteiger partial charge in [-0.15, -0.1) is 0 Å². The zero-order valence-electron chi connectivity index (χ0n) is 9.10. The summed E-state index contributed by atoms with van der Waals surface area (Å²) in [7, 11) is 0. The summed E-state index contributed by atoms with van der Waals surface area (Å²) in [4.78, 5) is 8.74. The van der Waals surface area contributed by atoms with Crippen LogP contribution < -0.4 is 5.32 Å². The van der Waals surface area contributed by atoms with Crippen molar-refractivity contribution in [1.82, 2.24) is 25.0 Å². The van der Waals surface area contributed by atoms with E-state index in [1.165, 1.54) is 0 Å². The monoisotopic (exact) mass is 219 g/mol. The Kier molecular flexibility index (Phi) is 2.21. The molecule has 2 aromatic rings. The molecule has 0 saturated heterocycles. The number of hydrogen-bond acceptors (Lipinski definition) is 5. The Hall–Kier alpha value is -1.69. The van der Waals surface area contributed by atoms with Gasteiger partial charge in [0.25, 0.3) is 5.89 Å². The maximum atomic E-state index is 5.16. The van der Waals surface area contributed by atoms with Gasteiger partial charge in [-0.3, -0.25) is 0 Å². The average Bonchev–Trinajstić information content (AvgIpc) is 2.95. The molecule has 0 aliphatic carbocycles. The fourth-order valence-electron chi connectivity index (χ4n) is 1.79. The van der Waals surface area contributed by atoms with Gasteiger partial charge < -0.3 is 14.4 Å². The number of imidazole rings is 1. The van der Waals surface area contributed by atoms with Crippen molar-refractivity contribution in [2.75, 3.05) is 6.54 Å². The van der Waals surface area contributed by atoms with E-state index in [1.54, 1.807) is 0 Å². The van der Waals surface area contributed by atoms with Gasteiger partial charge in [0.1, 0.15) is 11.5 Å². The summed E-state index contributed by atoms with van der Waals surface area (Å²) in [6.45, 7) is 4.72. The third kappa shape index (κ3) is 1.51. The minimum Gasteiger partial charge on any atom is -0.332 e. The van der Waals surface area contributed by atoms with Gasteiger partial charge in [-0.25, -0.2) is 4.98 Å². The standard InChI is InChI=1S/C10H13N5O/c1-2-8-13-10(16-14-8)7-6-15-4-3-11-5-9(15)12-7/h6,11H,2-5H2,1H3. The zero-order valence-corrected chi connectivity index (χ0v) is 9.10. The highest BCUT2D eigenvalue weighted by molar-refractivity contribution is 5.45. The first-order valence-corrected chi connectivity index (χ1v) is 5.46. The van der Waals surface area contributed by atoms with Gasteiger partial charge in [-0.2, -0.15) is 4.98 Å². The molecule has 6 nitrogen and oxygen atoms in total. The van der Waals surface area contributed by atoms with Gasteiger partial charge in [0, 0.05) is 25.7 Å². The molecule has 0 spiro atoms. The predicted octanol–water partition coefficient (Wildman–Crippen LogP) is 0.599. The molecular weight excluding hydrogens is 206 g/mol. The van der Waals surface area contributed by atoms with Crippen LogP contribution in [0.15, 0.2) is 10.7 Å². The van der Waals surface area contributed by atoms with Gasteiger partial charge in [0.2, 0.25) is 0 Å². The lowest BCUT2D eigenvalue weighted by atomic mass is 10.4.